The molecule has 1 heterocycles. The smallest absolute Gasteiger partial charge is 0.242 e. The lowest BCUT2D eigenvalue weighted by atomic mass is 9.87. The number of aryl methyl sites for hydroxylation is 2. The summed E-state index contributed by atoms with van der Waals surface area (Å²) < 4.78 is 28.1. The van der Waals surface area contributed by atoms with Crippen molar-refractivity contribution < 1.29 is 18.3 Å². The summed E-state index contributed by atoms with van der Waals surface area (Å²) in [7, 11) is -0.582. The first kappa shape index (κ1) is 24.7. The molecule has 178 valence electrons. The lowest BCUT2D eigenvalue weighted by Crippen LogP contribution is -2.22. The number of carbonyl (C=O) groups excluding carboxylic acids is 1. The Bertz CT molecular complexity index is 1290. The number of hydrogen-bond acceptors (Lipinski definition) is 5. The van der Waals surface area contributed by atoms with Crippen LogP contribution < -0.4 is 5.32 Å². The first-order chi connectivity index (χ1) is 15.3. The first-order valence-corrected chi connectivity index (χ1v) is 12.3. The van der Waals surface area contributed by atoms with Gasteiger partial charge in [-0.1, -0.05) is 26.8 Å². The lowest BCUT2D eigenvalue weighted by molar-refractivity contribution is -0.116. The number of aromatic hydroxyl groups is 1. The molecule has 2 aromatic carbocycles. The fraction of sp³-hybridized carbons (Fsp3) is 0.417. The fourth-order valence-electron chi connectivity index (χ4n) is 3.62. The van der Waals surface area contributed by atoms with Gasteiger partial charge in [-0.05, 0) is 48.2 Å². The number of fused-ring (bicyclic) bond motifs is 1. The van der Waals surface area contributed by atoms with Crippen LogP contribution in [0.5, 0.6) is 5.75 Å². The van der Waals surface area contributed by atoms with Crippen molar-refractivity contribution in [2.24, 2.45) is 0 Å². The highest BCUT2D eigenvalue weighted by molar-refractivity contribution is 7.89. The van der Waals surface area contributed by atoms with Gasteiger partial charge in [0.25, 0.3) is 0 Å². The van der Waals surface area contributed by atoms with Gasteiger partial charge in [-0.2, -0.15) is 0 Å². The van der Waals surface area contributed by atoms with Crippen LogP contribution in [0.3, 0.4) is 0 Å². The zero-order chi connectivity index (χ0) is 24.6. The van der Waals surface area contributed by atoms with Gasteiger partial charge in [0.1, 0.15) is 11.6 Å². The van der Waals surface area contributed by atoms with Crippen molar-refractivity contribution in [1.82, 2.24) is 13.9 Å². The van der Waals surface area contributed by atoms with E-state index in [4.69, 9.17) is 0 Å². The molecule has 0 aliphatic heterocycles. The van der Waals surface area contributed by atoms with Crippen molar-refractivity contribution in [2.45, 2.75) is 57.4 Å². The molecule has 3 rings (SSSR count). The van der Waals surface area contributed by atoms with Crippen molar-refractivity contribution in [3.63, 3.8) is 0 Å². The standard InChI is InChI=1S/C24H32N4O4S/c1-7-28-20-10-9-17(33(31,32)27(5)6)15-18(20)25-22(28)12-13-23(30)26-19-14-16(24(2,3)4)8-11-21(19)29/h8-11,14-15,29H,7,12-13H2,1-6H3,(H,26,30). The number of benzene rings is 2. The van der Waals surface area contributed by atoms with Gasteiger partial charge in [0.15, 0.2) is 0 Å². The highest BCUT2D eigenvalue weighted by atomic mass is 32.2. The molecule has 0 bridgehead atoms. The molecule has 0 aliphatic carbocycles. The maximum atomic E-state index is 12.6. The van der Waals surface area contributed by atoms with Gasteiger partial charge in [-0.3, -0.25) is 4.79 Å². The second kappa shape index (κ2) is 9.15. The lowest BCUT2D eigenvalue weighted by Gasteiger charge is -2.20. The second-order valence-corrected chi connectivity index (χ2v) is 11.4. The summed E-state index contributed by atoms with van der Waals surface area (Å²) in [4.78, 5) is 17.4. The molecule has 0 saturated heterocycles. The van der Waals surface area contributed by atoms with Crippen molar-refractivity contribution in [3.8, 4) is 5.75 Å². The van der Waals surface area contributed by atoms with Crippen LogP contribution >= 0.6 is 0 Å². The quantitative estimate of drug-likeness (QED) is 0.508. The largest absolute Gasteiger partial charge is 0.506 e. The van der Waals surface area contributed by atoms with E-state index in [0.29, 0.717) is 30.0 Å². The fourth-order valence-corrected chi connectivity index (χ4v) is 4.54. The maximum Gasteiger partial charge on any atom is 0.242 e. The number of sulfonamides is 1. The molecule has 0 unspecified atom stereocenters. The molecule has 2 N–H and O–H groups in total. The molecule has 0 radical (unpaired) electrons. The molecule has 3 aromatic rings. The van der Waals surface area contributed by atoms with E-state index in [1.54, 1.807) is 30.3 Å². The Morgan fingerprint density at radius 3 is 2.45 bits per heavy atom. The van der Waals surface area contributed by atoms with Gasteiger partial charge in [0, 0.05) is 33.5 Å². The van der Waals surface area contributed by atoms with Crippen LogP contribution in [-0.2, 0) is 33.2 Å². The van der Waals surface area contributed by atoms with Crippen LogP contribution in [0.1, 0.15) is 45.5 Å². The normalized spacial score (nSPS) is 12.5. The predicted octanol–water partition coefficient (Wildman–Crippen LogP) is 3.88. The van der Waals surface area contributed by atoms with Crippen LogP contribution in [0.15, 0.2) is 41.3 Å². The van der Waals surface area contributed by atoms with Crippen molar-refractivity contribution >= 4 is 32.7 Å². The molecular formula is C24H32N4O4S. The molecule has 1 aromatic heterocycles. The number of carbonyl (C=O) groups is 1. The number of phenols is 1. The van der Waals surface area contributed by atoms with Crippen molar-refractivity contribution in [3.05, 3.63) is 47.8 Å². The third-order valence-electron chi connectivity index (χ3n) is 5.61. The Kier molecular flexibility index (Phi) is 6.85. The van der Waals surface area contributed by atoms with E-state index in [0.717, 1.165) is 11.1 Å². The van der Waals surface area contributed by atoms with E-state index in [1.807, 2.05) is 17.6 Å². The summed E-state index contributed by atoms with van der Waals surface area (Å²) in [5, 5.41) is 13.0. The van der Waals surface area contributed by atoms with Gasteiger partial charge >= 0.3 is 0 Å². The molecule has 0 fully saturated rings. The summed E-state index contributed by atoms with van der Waals surface area (Å²) in [6, 6.07) is 10.1. The predicted molar refractivity (Wildman–Crippen MR) is 130 cm³/mol. The Morgan fingerprint density at radius 1 is 1.15 bits per heavy atom. The molecule has 33 heavy (non-hydrogen) atoms. The Morgan fingerprint density at radius 2 is 1.85 bits per heavy atom. The van der Waals surface area contributed by atoms with Crippen LogP contribution in [0.25, 0.3) is 11.0 Å². The number of rotatable bonds is 7. The summed E-state index contributed by atoms with van der Waals surface area (Å²) >= 11 is 0. The number of anilines is 1. The number of amides is 1. The third kappa shape index (κ3) is 5.20. The minimum Gasteiger partial charge on any atom is -0.506 e. The summed E-state index contributed by atoms with van der Waals surface area (Å²) in [6.07, 6.45) is 0.551. The van der Waals surface area contributed by atoms with Crippen LogP contribution in [0, 0.1) is 0 Å². The number of hydrogen-bond donors (Lipinski definition) is 2. The third-order valence-corrected chi connectivity index (χ3v) is 7.42. The van der Waals surface area contributed by atoms with Crippen molar-refractivity contribution in [1.29, 1.82) is 0 Å². The number of nitrogens with zero attached hydrogens (tertiary/aromatic N) is 3. The van der Waals surface area contributed by atoms with Crippen LogP contribution in [0.4, 0.5) is 5.69 Å². The second-order valence-electron chi connectivity index (χ2n) is 9.24. The van der Waals surface area contributed by atoms with Gasteiger partial charge in [0.2, 0.25) is 15.9 Å². The van der Waals surface area contributed by atoms with Crippen LogP contribution in [-0.4, -0.2) is 47.4 Å². The molecule has 1 amide bonds. The van der Waals surface area contributed by atoms with E-state index in [-0.39, 0.29) is 28.4 Å². The Balaban J connectivity index is 1.80. The highest BCUT2D eigenvalue weighted by Crippen LogP contribution is 2.31. The molecule has 0 aliphatic rings. The highest BCUT2D eigenvalue weighted by Gasteiger charge is 2.20. The first-order valence-electron chi connectivity index (χ1n) is 10.9. The van der Waals surface area contributed by atoms with E-state index >= 15 is 0 Å². The van der Waals surface area contributed by atoms with Crippen molar-refractivity contribution in [2.75, 3.05) is 19.4 Å². The van der Waals surface area contributed by atoms with E-state index in [9.17, 15) is 18.3 Å². The summed E-state index contributed by atoms with van der Waals surface area (Å²) in [5.74, 6) is 0.489. The van der Waals surface area contributed by atoms with Gasteiger partial charge in [0.05, 0.1) is 21.6 Å². The summed E-state index contributed by atoms with van der Waals surface area (Å²) in [5.41, 5.74) is 2.67. The molecule has 9 heteroatoms. The number of nitrogens with one attached hydrogen (secondary N) is 1. The molecule has 0 saturated carbocycles. The Labute approximate surface area is 195 Å². The number of imidazole rings is 1. The number of aromatic nitrogens is 2. The maximum absolute atomic E-state index is 12.6. The van der Waals surface area contributed by atoms with Crippen LogP contribution in [0.2, 0.25) is 0 Å². The van der Waals surface area contributed by atoms with E-state index in [2.05, 4.69) is 31.1 Å². The van der Waals surface area contributed by atoms with Gasteiger partial charge < -0.3 is 15.0 Å². The zero-order valence-corrected chi connectivity index (χ0v) is 20.8. The Hall–Kier alpha value is -2.91. The van der Waals surface area contributed by atoms with Gasteiger partial charge in [-0.15, -0.1) is 0 Å². The zero-order valence-electron chi connectivity index (χ0n) is 20.0. The minimum atomic E-state index is -3.56. The average Bonchev–Trinajstić information content (AvgIpc) is 3.09. The molecule has 0 atom stereocenters. The monoisotopic (exact) mass is 472 g/mol. The molecule has 8 nitrogen and oxygen atoms in total. The summed E-state index contributed by atoms with van der Waals surface area (Å²) in [6.45, 7) is 8.81. The number of phenolic OH excluding ortho intramolecular Hbond substituents is 1. The minimum absolute atomic E-state index is 0.0202. The van der Waals surface area contributed by atoms with E-state index < -0.39 is 10.0 Å². The topological polar surface area (TPSA) is 105 Å². The van der Waals surface area contributed by atoms with Gasteiger partial charge in [-0.25, -0.2) is 17.7 Å². The SMILES string of the molecule is CCn1c(CCC(=O)Nc2cc(C(C)(C)C)ccc2O)nc2cc(S(=O)(=O)N(C)C)ccc21. The molecule has 0 spiro atoms. The van der Waals surface area contributed by atoms with E-state index in [1.165, 1.54) is 18.4 Å². The average molecular weight is 473 g/mol. The molecular weight excluding hydrogens is 440 g/mol.